The molecule has 5 heteroatoms. The van der Waals surface area contributed by atoms with Crippen LogP contribution in [0.25, 0.3) is 0 Å². The number of H-pyrrole nitrogens is 1. The molecular weight excluding hydrogens is 202 g/mol. The minimum absolute atomic E-state index is 0.395. The number of aromatic amines is 1. The number of halogens is 2. The second kappa shape index (κ2) is 4.00. The lowest BCUT2D eigenvalue weighted by Gasteiger charge is -2.20. The van der Waals surface area contributed by atoms with Gasteiger partial charge in [0, 0.05) is 18.8 Å². The van der Waals surface area contributed by atoms with Gasteiger partial charge >= 0.3 is 0 Å². The Kier molecular flexibility index (Phi) is 3.12. The molecule has 0 spiro atoms. The zero-order valence-corrected chi connectivity index (χ0v) is 8.90. The van der Waals surface area contributed by atoms with E-state index >= 15 is 0 Å². The summed E-state index contributed by atoms with van der Waals surface area (Å²) in [4.78, 5) is 14.3. The smallest absolute Gasteiger partial charge is 0.264 e. The number of nitrogens with one attached hydrogen (secondary N) is 2. The van der Waals surface area contributed by atoms with Crippen molar-refractivity contribution in [1.82, 2.24) is 10.3 Å². The molecular formula is C10H14F2N2O. The fourth-order valence-corrected chi connectivity index (χ4v) is 1.10. The highest BCUT2D eigenvalue weighted by molar-refractivity contribution is 5.95. The van der Waals surface area contributed by atoms with E-state index in [0.29, 0.717) is 11.3 Å². The molecule has 0 fully saturated rings. The van der Waals surface area contributed by atoms with Gasteiger partial charge in [-0.05, 0) is 19.9 Å². The zero-order valence-electron chi connectivity index (χ0n) is 8.90. The molecule has 0 aliphatic heterocycles. The van der Waals surface area contributed by atoms with Gasteiger partial charge in [-0.1, -0.05) is 0 Å². The van der Waals surface area contributed by atoms with Crippen molar-refractivity contribution in [2.24, 2.45) is 0 Å². The largest absolute Gasteiger partial charge is 0.365 e. The summed E-state index contributed by atoms with van der Waals surface area (Å²) in [6, 6.07) is 0.380. The van der Waals surface area contributed by atoms with Crippen molar-refractivity contribution >= 4 is 5.91 Å². The van der Waals surface area contributed by atoms with Gasteiger partial charge in [0.1, 0.15) is 0 Å². The van der Waals surface area contributed by atoms with Crippen molar-refractivity contribution in [2.45, 2.75) is 32.7 Å². The van der Waals surface area contributed by atoms with E-state index in [2.05, 4.69) is 10.3 Å². The van der Waals surface area contributed by atoms with Crippen molar-refractivity contribution in [2.75, 3.05) is 0 Å². The van der Waals surface area contributed by atoms with E-state index in [-0.39, 0.29) is 0 Å². The molecule has 0 bridgehead atoms. The van der Waals surface area contributed by atoms with Gasteiger partial charge in [-0.15, -0.1) is 0 Å². The Morgan fingerprint density at radius 2 is 2.20 bits per heavy atom. The molecule has 1 atom stereocenters. The van der Waals surface area contributed by atoms with E-state index in [0.717, 1.165) is 6.92 Å². The molecule has 0 radical (unpaired) electrons. The Morgan fingerprint density at radius 3 is 2.60 bits per heavy atom. The average Bonchev–Trinajstić information content (AvgIpc) is 2.49. The second-order valence-corrected chi connectivity index (χ2v) is 3.67. The first-order chi connectivity index (χ1) is 6.82. The van der Waals surface area contributed by atoms with Gasteiger partial charge in [-0.2, -0.15) is 0 Å². The molecule has 3 nitrogen and oxygen atoms in total. The van der Waals surface area contributed by atoms with E-state index in [4.69, 9.17) is 0 Å². The molecule has 0 unspecified atom stereocenters. The minimum atomic E-state index is -2.92. The van der Waals surface area contributed by atoms with Gasteiger partial charge in [0.15, 0.2) is 0 Å². The molecule has 1 aromatic rings. The van der Waals surface area contributed by atoms with Crippen LogP contribution >= 0.6 is 0 Å². The van der Waals surface area contributed by atoms with Gasteiger partial charge in [-0.3, -0.25) is 4.79 Å². The molecule has 0 aliphatic carbocycles. The lowest BCUT2D eigenvalue weighted by molar-refractivity contribution is -0.0108. The summed E-state index contributed by atoms with van der Waals surface area (Å²) in [7, 11) is 0. The number of amides is 1. The van der Waals surface area contributed by atoms with Crippen LogP contribution in [-0.2, 0) is 0 Å². The molecule has 1 amide bonds. The van der Waals surface area contributed by atoms with Crippen LogP contribution < -0.4 is 5.32 Å². The predicted molar refractivity (Wildman–Crippen MR) is 53.1 cm³/mol. The van der Waals surface area contributed by atoms with Crippen molar-refractivity contribution in [3.63, 3.8) is 0 Å². The van der Waals surface area contributed by atoms with Crippen LogP contribution in [0, 0.1) is 6.92 Å². The topological polar surface area (TPSA) is 44.9 Å². The number of aromatic nitrogens is 1. The summed E-state index contributed by atoms with van der Waals surface area (Å²) in [6.45, 7) is 3.77. The lowest BCUT2D eigenvalue weighted by Crippen LogP contribution is -2.43. The summed E-state index contributed by atoms with van der Waals surface area (Å²) in [6.07, 6.45) is 1.60. The van der Waals surface area contributed by atoms with Gasteiger partial charge in [-0.25, -0.2) is 8.78 Å². The maximum Gasteiger partial charge on any atom is 0.264 e. The minimum Gasteiger partial charge on any atom is -0.365 e. The Morgan fingerprint density at radius 1 is 1.60 bits per heavy atom. The van der Waals surface area contributed by atoms with E-state index < -0.39 is 17.9 Å². The first-order valence-corrected chi connectivity index (χ1v) is 4.65. The maximum absolute atomic E-state index is 12.8. The van der Waals surface area contributed by atoms with Crippen LogP contribution in [0.2, 0.25) is 0 Å². The Balaban J connectivity index is 2.69. The van der Waals surface area contributed by atoms with Crippen molar-refractivity contribution in [1.29, 1.82) is 0 Å². The number of carbonyl (C=O) groups excluding carboxylic acids is 1. The lowest BCUT2D eigenvalue weighted by atomic mass is 10.1. The van der Waals surface area contributed by atoms with Gasteiger partial charge in [0.2, 0.25) is 0 Å². The SMILES string of the molecule is Cc1[nH]ccc1C(=O)N[C@H](C)C(C)(F)F. The van der Waals surface area contributed by atoms with E-state index in [9.17, 15) is 13.6 Å². The third-order valence-electron chi connectivity index (χ3n) is 2.31. The van der Waals surface area contributed by atoms with Gasteiger partial charge < -0.3 is 10.3 Å². The van der Waals surface area contributed by atoms with Crippen LogP contribution in [0.3, 0.4) is 0 Å². The van der Waals surface area contributed by atoms with E-state index in [1.807, 2.05) is 0 Å². The van der Waals surface area contributed by atoms with Crippen LogP contribution in [0.1, 0.15) is 29.9 Å². The molecule has 1 aromatic heterocycles. The van der Waals surface area contributed by atoms with Crippen LogP contribution in [0.4, 0.5) is 8.78 Å². The second-order valence-electron chi connectivity index (χ2n) is 3.67. The Labute approximate surface area is 86.9 Å². The standard InChI is InChI=1S/C10H14F2N2O/c1-6-8(4-5-13-6)9(15)14-7(2)10(3,11)12/h4-5,7,13H,1-3H3,(H,14,15)/t7-/m1/s1. The predicted octanol–water partition coefficient (Wildman–Crippen LogP) is 2.10. The van der Waals surface area contributed by atoms with Crippen LogP contribution in [0.5, 0.6) is 0 Å². The number of alkyl halides is 2. The van der Waals surface area contributed by atoms with Crippen molar-refractivity contribution < 1.29 is 13.6 Å². The number of hydrogen-bond donors (Lipinski definition) is 2. The molecule has 0 saturated heterocycles. The normalized spacial score (nSPS) is 13.7. The maximum atomic E-state index is 12.8. The summed E-state index contributed by atoms with van der Waals surface area (Å²) >= 11 is 0. The quantitative estimate of drug-likeness (QED) is 0.798. The number of rotatable bonds is 3. The first-order valence-electron chi connectivity index (χ1n) is 4.65. The van der Waals surface area contributed by atoms with Crippen LogP contribution in [0.15, 0.2) is 12.3 Å². The highest BCUT2D eigenvalue weighted by Crippen LogP contribution is 2.17. The Hall–Kier alpha value is -1.39. The zero-order chi connectivity index (χ0) is 11.6. The molecule has 0 saturated carbocycles. The third-order valence-corrected chi connectivity index (χ3v) is 2.31. The summed E-state index contributed by atoms with van der Waals surface area (Å²) < 4.78 is 25.6. The summed E-state index contributed by atoms with van der Waals surface area (Å²) in [5.41, 5.74) is 1.06. The monoisotopic (exact) mass is 216 g/mol. The first kappa shape index (κ1) is 11.7. The molecule has 0 aromatic carbocycles. The third kappa shape index (κ3) is 2.78. The number of aryl methyl sites for hydroxylation is 1. The van der Waals surface area contributed by atoms with Crippen LogP contribution in [-0.4, -0.2) is 22.9 Å². The summed E-state index contributed by atoms with van der Waals surface area (Å²) in [5.74, 6) is -3.40. The van der Waals surface area contributed by atoms with Crippen molar-refractivity contribution in [3.8, 4) is 0 Å². The highest BCUT2D eigenvalue weighted by Gasteiger charge is 2.31. The van der Waals surface area contributed by atoms with Gasteiger partial charge in [0.25, 0.3) is 11.8 Å². The molecule has 2 N–H and O–H groups in total. The molecule has 1 heterocycles. The highest BCUT2D eigenvalue weighted by atomic mass is 19.3. The van der Waals surface area contributed by atoms with E-state index in [1.165, 1.54) is 6.92 Å². The fourth-order valence-electron chi connectivity index (χ4n) is 1.10. The number of hydrogen-bond acceptors (Lipinski definition) is 1. The number of carbonyl (C=O) groups is 1. The van der Waals surface area contributed by atoms with Crippen molar-refractivity contribution in [3.05, 3.63) is 23.5 Å². The fraction of sp³-hybridized carbons (Fsp3) is 0.500. The summed E-state index contributed by atoms with van der Waals surface area (Å²) in [5, 5.41) is 2.25. The Bertz CT molecular complexity index is 355. The van der Waals surface area contributed by atoms with E-state index in [1.54, 1.807) is 19.2 Å². The van der Waals surface area contributed by atoms with Gasteiger partial charge in [0.05, 0.1) is 11.6 Å². The molecule has 15 heavy (non-hydrogen) atoms. The average molecular weight is 216 g/mol. The molecule has 0 aliphatic rings. The molecule has 84 valence electrons. The molecule has 1 rings (SSSR count).